The molecule has 0 spiro atoms. The summed E-state index contributed by atoms with van der Waals surface area (Å²) in [6.45, 7) is 0.931. The van der Waals surface area contributed by atoms with Crippen molar-refractivity contribution in [2.24, 2.45) is 0 Å². The molecule has 0 aliphatic carbocycles. The van der Waals surface area contributed by atoms with Crippen LogP contribution in [0.3, 0.4) is 0 Å². The van der Waals surface area contributed by atoms with E-state index in [1.165, 1.54) is 6.07 Å². The van der Waals surface area contributed by atoms with E-state index in [0.717, 1.165) is 10.2 Å². The second-order valence-corrected chi connectivity index (χ2v) is 5.15. The van der Waals surface area contributed by atoms with Gasteiger partial charge in [0.1, 0.15) is 12.4 Å². The van der Waals surface area contributed by atoms with E-state index in [9.17, 15) is 4.39 Å². The fourth-order valence-electron chi connectivity index (χ4n) is 1.53. The zero-order valence-corrected chi connectivity index (χ0v) is 12.3. The van der Waals surface area contributed by atoms with Crippen LogP contribution >= 0.6 is 27.5 Å². The Kier molecular flexibility index (Phi) is 5.05. The highest BCUT2D eigenvalue weighted by atomic mass is 79.9. The van der Waals surface area contributed by atoms with Gasteiger partial charge in [0, 0.05) is 11.0 Å². The van der Waals surface area contributed by atoms with E-state index in [1.54, 1.807) is 12.1 Å². The monoisotopic (exact) mass is 343 g/mol. The molecule has 0 aliphatic rings. The van der Waals surface area contributed by atoms with Crippen LogP contribution in [0, 0.1) is 5.82 Å². The molecule has 100 valence electrons. The van der Waals surface area contributed by atoms with Gasteiger partial charge in [0.15, 0.2) is 5.82 Å². The number of rotatable bonds is 5. The lowest BCUT2D eigenvalue weighted by atomic mass is 10.3. The average Bonchev–Trinajstić information content (AvgIpc) is 2.41. The molecule has 0 bridgehead atoms. The van der Waals surface area contributed by atoms with Crippen LogP contribution in [0.4, 0.5) is 10.1 Å². The Morgan fingerprint density at radius 3 is 2.63 bits per heavy atom. The molecule has 19 heavy (non-hydrogen) atoms. The van der Waals surface area contributed by atoms with Crippen molar-refractivity contribution in [3.05, 3.63) is 57.8 Å². The summed E-state index contributed by atoms with van der Waals surface area (Å²) in [6.07, 6.45) is 0. The topological polar surface area (TPSA) is 21.3 Å². The van der Waals surface area contributed by atoms with Gasteiger partial charge in [0.05, 0.1) is 10.7 Å². The molecule has 0 atom stereocenters. The molecular formula is C14H12BrClFNO. The molecule has 0 heterocycles. The third-order valence-corrected chi connectivity index (χ3v) is 3.27. The first-order chi connectivity index (χ1) is 9.16. The number of anilines is 1. The third-order valence-electron chi connectivity index (χ3n) is 2.45. The van der Waals surface area contributed by atoms with Gasteiger partial charge in [-0.1, -0.05) is 33.6 Å². The van der Waals surface area contributed by atoms with Crippen LogP contribution in [-0.2, 0) is 0 Å². The Bertz CT molecular complexity index is 548. The summed E-state index contributed by atoms with van der Waals surface area (Å²) in [7, 11) is 0. The maximum atomic E-state index is 13.6. The third kappa shape index (κ3) is 4.11. The van der Waals surface area contributed by atoms with Gasteiger partial charge in [0.25, 0.3) is 0 Å². The van der Waals surface area contributed by atoms with E-state index in [-0.39, 0.29) is 5.02 Å². The molecule has 2 aromatic rings. The Hall–Kier alpha value is -1.26. The van der Waals surface area contributed by atoms with Gasteiger partial charge in [-0.3, -0.25) is 0 Å². The predicted molar refractivity (Wildman–Crippen MR) is 79.5 cm³/mol. The van der Waals surface area contributed by atoms with Crippen molar-refractivity contribution in [2.45, 2.75) is 0 Å². The van der Waals surface area contributed by atoms with Crippen LogP contribution in [0.2, 0.25) is 5.02 Å². The molecule has 5 heteroatoms. The summed E-state index contributed by atoms with van der Waals surface area (Å²) in [5.74, 6) is 0.337. The molecule has 2 rings (SSSR count). The van der Waals surface area contributed by atoms with Crippen molar-refractivity contribution in [1.82, 2.24) is 0 Å². The normalized spacial score (nSPS) is 10.3. The van der Waals surface area contributed by atoms with Gasteiger partial charge in [0.2, 0.25) is 0 Å². The van der Waals surface area contributed by atoms with Crippen LogP contribution in [0.15, 0.2) is 46.9 Å². The van der Waals surface area contributed by atoms with Crippen molar-refractivity contribution in [2.75, 3.05) is 18.5 Å². The van der Waals surface area contributed by atoms with Crippen LogP contribution in [-0.4, -0.2) is 13.2 Å². The fraction of sp³-hybridized carbons (Fsp3) is 0.143. The molecule has 0 aromatic heterocycles. The minimum atomic E-state index is -0.437. The summed E-state index contributed by atoms with van der Waals surface area (Å²) < 4.78 is 20.1. The van der Waals surface area contributed by atoms with E-state index in [0.29, 0.717) is 18.8 Å². The standard InChI is InChI=1S/C14H12BrClFNO/c15-10-4-6-11(7-5-10)19-9-8-18-13-3-1-2-12(16)14(13)17/h1-7,18H,8-9H2. The van der Waals surface area contributed by atoms with Gasteiger partial charge in [-0.15, -0.1) is 0 Å². The fourth-order valence-corrected chi connectivity index (χ4v) is 1.96. The van der Waals surface area contributed by atoms with Gasteiger partial charge < -0.3 is 10.1 Å². The number of hydrogen-bond donors (Lipinski definition) is 1. The molecule has 0 saturated heterocycles. The molecule has 0 radical (unpaired) electrons. The number of benzene rings is 2. The number of halogens is 3. The van der Waals surface area contributed by atoms with Crippen LogP contribution in [0.25, 0.3) is 0 Å². The van der Waals surface area contributed by atoms with Gasteiger partial charge in [-0.25, -0.2) is 4.39 Å². The first-order valence-electron chi connectivity index (χ1n) is 5.73. The van der Waals surface area contributed by atoms with E-state index in [2.05, 4.69) is 21.2 Å². The smallest absolute Gasteiger partial charge is 0.164 e. The highest BCUT2D eigenvalue weighted by Gasteiger charge is 2.04. The van der Waals surface area contributed by atoms with Crippen molar-refractivity contribution in [1.29, 1.82) is 0 Å². The van der Waals surface area contributed by atoms with Crippen molar-refractivity contribution in [3.8, 4) is 5.75 Å². The summed E-state index contributed by atoms with van der Waals surface area (Å²) in [4.78, 5) is 0. The van der Waals surface area contributed by atoms with Gasteiger partial charge in [-0.05, 0) is 36.4 Å². The summed E-state index contributed by atoms with van der Waals surface area (Å²) in [6, 6.07) is 12.4. The first kappa shape index (κ1) is 14.2. The molecule has 0 unspecified atom stereocenters. The Labute approximate surface area is 124 Å². The van der Waals surface area contributed by atoms with Gasteiger partial charge >= 0.3 is 0 Å². The Balaban J connectivity index is 1.81. The largest absolute Gasteiger partial charge is 0.492 e. The highest BCUT2D eigenvalue weighted by molar-refractivity contribution is 9.10. The Morgan fingerprint density at radius 2 is 1.89 bits per heavy atom. The molecule has 0 aliphatic heterocycles. The van der Waals surface area contributed by atoms with Crippen LogP contribution in [0.1, 0.15) is 0 Å². The summed E-state index contributed by atoms with van der Waals surface area (Å²) in [5, 5.41) is 3.05. The van der Waals surface area contributed by atoms with Crippen LogP contribution in [0.5, 0.6) is 5.75 Å². The van der Waals surface area contributed by atoms with E-state index >= 15 is 0 Å². The Morgan fingerprint density at radius 1 is 1.16 bits per heavy atom. The maximum Gasteiger partial charge on any atom is 0.164 e. The molecule has 0 amide bonds. The lowest BCUT2D eigenvalue weighted by Gasteiger charge is -2.09. The zero-order valence-electron chi connectivity index (χ0n) is 10.00. The average molecular weight is 345 g/mol. The van der Waals surface area contributed by atoms with Crippen molar-refractivity contribution < 1.29 is 9.13 Å². The molecule has 2 nitrogen and oxygen atoms in total. The zero-order chi connectivity index (χ0) is 13.7. The predicted octanol–water partition coefficient (Wildman–Crippen LogP) is 4.73. The minimum Gasteiger partial charge on any atom is -0.492 e. The van der Waals surface area contributed by atoms with Gasteiger partial charge in [-0.2, -0.15) is 0 Å². The van der Waals surface area contributed by atoms with Crippen LogP contribution < -0.4 is 10.1 Å². The number of nitrogens with one attached hydrogen (secondary N) is 1. The quantitative estimate of drug-likeness (QED) is 0.792. The summed E-state index contributed by atoms with van der Waals surface area (Å²) in [5.41, 5.74) is 0.381. The lowest BCUT2D eigenvalue weighted by molar-refractivity contribution is 0.332. The van der Waals surface area contributed by atoms with E-state index in [4.69, 9.17) is 16.3 Å². The molecule has 1 N–H and O–H groups in total. The maximum absolute atomic E-state index is 13.6. The molecule has 0 fully saturated rings. The molecular weight excluding hydrogens is 333 g/mol. The number of hydrogen-bond acceptors (Lipinski definition) is 2. The highest BCUT2D eigenvalue weighted by Crippen LogP contribution is 2.21. The molecule has 2 aromatic carbocycles. The first-order valence-corrected chi connectivity index (χ1v) is 6.90. The number of ether oxygens (including phenoxy) is 1. The van der Waals surface area contributed by atoms with E-state index < -0.39 is 5.82 Å². The SMILES string of the molecule is Fc1c(Cl)cccc1NCCOc1ccc(Br)cc1. The second-order valence-electron chi connectivity index (χ2n) is 3.83. The van der Waals surface area contributed by atoms with Crippen molar-refractivity contribution >= 4 is 33.2 Å². The summed E-state index contributed by atoms with van der Waals surface area (Å²) >= 11 is 9.04. The van der Waals surface area contributed by atoms with Crippen molar-refractivity contribution in [3.63, 3.8) is 0 Å². The van der Waals surface area contributed by atoms with E-state index in [1.807, 2.05) is 24.3 Å². The second kappa shape index (κ2) is 6.78. The minimum absolute atomic E-state index is 0.110. The lowest BCUT2D eigenvalue weighted by Crippen LogP contribution is -2.12. The molecule has 0 saturated carbocycles.